The first-order valence-corrected chi connectivity index (χ1v) is 8.06. The van der Waals surface area contributed by atoms with Gasteiger partial charge in [-0.25, -0.2) is 0 Å². The number of aromatic amines is 1. The first-order valence-electron chi connectivity index (χ1n) is 6.89. The van der Waals surface area contributed by atoms with Crippen LogP contribution in [0.25, 0.3) is 10.9 Å². The molecular formula is C17H12BrClN2O2. The molecule has 0 atom stereocenters. The number of benzene rings is 2. The summed E-state index contributed by atoms with van der Waals surface area (Å²) in [6.07, 6.45) is 0. The molecule has 0 spiro atoms. The molecule has 4 nitrogen and oxygen atoms in total. The van der Waals surface area contributed by atoms with Crippen molar-refractivity contribution in [2.45, 2.75) is 6.54 Å². The van der Waals surface area contributed by atoms with E-state index in [0.717, 1.165) is 15.4 Å². The SMILES string of the molecule is O=C(NCc1cc2ccccc2[nH]c1=O)c1cc(Br)ccc1Cl. The topological polar surface area (TPSA) is 62.0 Å². The Hall–Kier alpha value is -2.11. The van der Waals surface area contributed by atoms with Gasteiger partial charge >= 0.3 is 0 Å². The minimum Gasteiger partial charge on any atom is -0.348 e. The zero-order valence-electron chi connectivity index (χ0n) is 11.9. The van der Waals surface area contributed by atoms with Gasteiger partial charge in [0, 0.05) is 22.1 Å². The lowest BCUT2D eigenvalue weighted by Crippen LogP contribution is -2.27. The van der Waals surface area contributed by atoms with Crippen molar-refractivity contribution in [3.05, 3.63) is 79.5 Å². The fourth-order valence-electron chi connectivity index (χ4n) is 2.27. The van der Waals surface area contributed by atoms with Gasteiger partial charge < -0.3 is 10.3 Å². The van der Waals surface area contributed by atoms with Crippen molar-refractivity contribution in [3.63, 3.8) is 0 Å². The summed E-state index contributed by atoms with van der Waals surface area (Å²) >= 11 is 9.34. The van der Waals surface area contributed by atoms with Gasteiger partial charge in [-0.15, -0.1) is 0 Å². The van der Waals surface area contributed by atoms with Crippen molar-refractivity contribution >= 4 is 44.3 Å². The smallest absolute Gasteiger partial charge is 0.253 e. The molecule has 3 rings (SSSR count). The van der Waals surface area contributed by atoms with Gasteiger partial charge in [-0.1, -0.05) is 45.7 Å². The summed E-state index contributed by atoms with van der Waals surface area (Å²) in [5.74, 6) is -0.330. The summed E-state index contributed by atoms with van der Waals surface area (Å²) in [7, 11) is 0. The maximum atomic E-state index is 12.2. The van der Waals surface area contributed by atoms with E-state index in [1.165, 1.54) is 0 Å². The molecule has 2 aromatic carbocycles. The average molecular weight is 392 g/mol. The first kappa shape index (κ1) is 15.8. The lowest BCUT2D eigenvalue weighted by molar-refractivity contribution is 0.0951. The van der Waals surface area contributed by atoms with Crippen LogP contribution in [-0.2, 0) is 6.54 Å². The second-order valence-corrected chi connectivity index (χ2v) is 6.34. The number of H-pyrrole nitrogens is 1. The van der Waals surface area contributed by atoms with Crippen LogP contribution in [0.2, 0.25) is 5.02 Å². The maximum absolute atomic E-state index is 12.2. The Labute approximate surface area is 145 Å². The number of carbonyl (C=O) groups is 1. The highest BCUT2D eigenvalue weighted by Gasteiger charge is 2.11. The molecule has 6 heteroatoms. The largest absolute Gasteiger partial charge is 0.348 e. The van der Waals surface area contributed by atoms with Crippen LogP contribution in [0.5, 0.6) is 0 Å². The van der Waals surface area contributed by atoms with Crippen LogP contribution < -0.4 is 10.9 Å². The third-order valence-electron chi connectivity index (χ3n) is 3.44. The Bertz CT molecular complexity index is 953. The van der Waals surface area contributed by atoms with Crippen LogP contribution >= 0.6 is 27.5 Å². The molecule has 0 aliphatic heterocycles. The van der Waals surface area contributed by atoms with E-state index in [2.05, 4.69) is 26.2 Å². The van der Waals surface area contributed by atoms with Crippen LogP contribution in [0.3, 0.4) is 0 Å². The van der Waals surface area contributed by atoms with Crippen molar-refractivity contribution in [1.29, 1.82) is 0 Å². The van der Waals surface area contributed by atoms with E-state index in [0.29, 0.717) is 16.1 Å². The molecule has 2 N–H and O–H groups in total. The normalized spacial score (nSPS) is 10.7. The third kappa shape index (κ3) is 3.46. The zero-order valence-corrected chi connectivity index (χ0v) is 14.2. The van der Waals surface area contributed by atoms with Gasteiger partial charge in [-0.05, 0) is 35.7 Å². The van der Waals surface area contributed by atoms with Crippen molar-refractivity contribution in [2.24, 2.45) is 0 Å². The number of rotatable bonds is 3. The van der Waals surface area contributed by atoms with Crippen LogP contribution in [0.4, 0.5) is 0 Å². The molecule has 0 aliphatic carbocycles. The molecule has 1 aromatic heterocycles. The quantitative estimate of drug-likeness (QED) is 0.712. The Morgan fingerprint density at radius 3 is 2.78 bits per heavy atom. The number of amides is 1. The van der Waals surface area contributed by atoms with Crippen LogP contribution in [0.15, 0.2) is 57.8 Å². The highest BCUT2D eigenvalue weighted by Crippen LogP contribution is 2.21. The molecule has 1 amide bonds. The van der Waals surface area contributed by atoms with Gasteiger partial charge in [-0.3, -0.25) is 9.59 Å². The zero-order chi connectivity index (χ0) is 16.4. The molecule has 0 radical (unpaired) electrons. The number of fused-ring (bicyclic) bond motifs is 1. The van der Waals surface area contributed by atoms with Crippen LogP contribution in [-0.4, -0.2) is 10.9 Å². The molecule has 3 aromatic rings. The molecule has 0 bridgehead atoms. The summed E-state index contributed by atoms with van der Waals surface area (Å²) in [6, 6.07) is 14.3. The molecular weight excluding hydrogens is 380 g/mol. The number of carbonyl (C=O) groups excluding carboxylic acids is 1. The Morgan fingerprint density at radius 1 is 1.17 bits per heavy atom. The molecule has 0 unspecified atom stereocenters. The fraction of sp³-hybridized carbons (Fsp3) is 0.0588. The highest BCUT2D eigenvalue weighted by molar-refractivity contribution is 9.10. The summed E-state index contributed by atoms with van der Waals surface area (Å²) in [6.45, 7) is 0.127. The van der Waals surface area contributed by atoms with E-state index in [1.807, 2.05) is 24.3 Å². The van der Waals surface area contributed by atoms with E-state index in [-0.39, 0.29) is 18.0 Å². The monoisotopic (exact) mass is 390 g/mol. The lowest BCUT2D eigenvalue weighted by atomic mass is 10.1. The minimum absolute atomic E-state index is 0.127. The summed E-state index contributed by atoms with van der Waals surface area (Å²) in [5.41, 5.74) is 1.40. The third-order valence-corrected chi connectivity index (χ3v) is 4.27. The molecule has 0 saturated carbocycles. The van der Waals surface area contributed by atoms with Gasteiger partial charge in [0.05, 0.1) is 10.6 Å². The lowest BCUT2D eigenvalue weighted by Gasteiger charge is -2.08. The number of hydrogen-bond donors (Lipinski definition) is 2. The summed E-state index contributed by atoms with van der Waals surface area (Å²) < 4.78 is 0.760. The van der Waals surface area contributed by atoms with E-state index < -0.39 is 0 Å². The molecule has 23 heavy (non-hydrogen) atoms. The minimum atomic E-state index is -0.330. The molecule has 116 valence electrons. The van der Waals surface area contributed by atoms with E-state index >= 15 is 0 Å². The average Bonchev–Trinajstić information content (AvgIpc) is 2.54. The molecule has 0 fully saturated rings. The highest BCUT2D eigenvalue weighted by atomic mass is 79.9. The number of aromatic nitrogens is 1. The van der Waals surface area contributed by atoms with Crippen molar-refractivity contribution in [3.8, 4) is 0 Å². The number of hydrogen-bond acceptors (Lipinski definition) is 2. The number of halogens is 2. The molecule has 0 aliphatic rings. The van der Waals surface area contributed by atoms with Crippen molar-refractivity contribution in [2.75, 3.05) is 0 Å². The second kappa shape index (κ2) is 6.56. The maximum Gasteiger partial charge on any atom is 0.253 e. The van der Waals surface area contributed by atoms with E-state index in [9.17, 15) is 9.59 Å². The van der Waals surface area contributed by atoms with Crippen LogP contribution in [0, 0.1) is 0 Å². The number of para-hydroxylation sites is 1. The van der Waals surface area contributed by atoms with Crippen molar-refractivity contribution < 1.29 is 4.79 Å². The molecule has 1 heterocycles. The predicted octanol–water partition coefficient (Wildman–Crippen LogP) is 3.87. The van der Waals surface area contributed by atoms with Gasteiger partial charge in [0.1, 0.15) is 0 Å². The van der Waals surface area contributed by atoms with Gasteiger partial charge in [0.2, 0.25) is 0 Å². The van der Waals surface area contributed by atoms with Gasteiger partial charge in [-0.2, -0.15) is 0 Å². The van der Waals surface area contributed by atoms with Crippen LogP contribution in [0.1, 0.15) is 15.9 Å². The van der Waals surface area contributed by atoms with Gasteiger partial charge in [0.15, 0.2) is 0 Å². The molecule has 0 saturated heterocycles. The summed E-state index contributed by atoms with van der Waals surface area (Å²) in [5, 5.41) is 4.00. The Kier molecular flexibility index (Phi) is 4.50. The predicted molar refractivity (Wildman–Crippen MR) is 94.9 cm³/mol. The first-order chi connectivity index (χ1) is 11.0. The number of nitrogens with one attached hydrogen (secondary N) is 2. The second-order valence-electron chi connectivity index (χ2n) is 5.02. The summed E-state index contributed by atoms with van der Waals surface area (Å²) in [4.78, 5) is 27.1. The fourth-order valence-corrected chi connectivity index (χ4v) is 2.83. The standard InChI is InChI=1S/C17H12BrClN2O2/c18-12-5-6-14(19)13(8-12)17(23)20-9-11-7-10-3-1-2-4-15(10)21-16(11)22/h1-8H,9H2,(H,20,23)(H,21,22). The van der Waals surface area contributed by atoms with E-state index in [4.69, 9.17) is 11.6 Å². The van der Waals surface area contributed by atoms with Gasteiger partial charge in [0.25, 0.3) is 11.5 Å². The number of pyridine rings is 1. The van der Waals surface area contributed by atoms with Crippen molar-refractivity contribution in [1.82, 2.24) is 10.3 Å². The van der Waals surface area contributed by atoms with E-state index in [1.54, 1.807) is 24.3 Å². The Morgan fingerprint density at radius 2 is 1.96 bits per heavy atom. The Balaban J connectivity index is 1.83.